The maximum Gasteiger partial charge on any atom is 0.227 e. The van der Waals surface area contributed by atoms with Crippen LogP contribution < -0.4 is 5.32 Å². The molecule has 0 amide bonds. The summed E-state index contributed by atoms with van der Waals surface area (Å²) in [6, 6.07) is 7.54. The van der Waals surface area contributed by atoms with Gasteiger partial charge in [-0.1, -0.05) is 32.9 Å². The summed E-state index contributed by atoms with van der Waals surface area (Å²) in [7, 11) is -2.18. The van der Waals surface area contributed by atoms with Gasteiger partial charge >= 0.3 is 0 Å². The highest BCUT2D eigenvalue weighted by Gasteiger charge is 2.15. The van der Waals surface area contributed by atoms with Crippen LogP contribution >= 0.6 is 11.6 Å². The molecule has 0 aliphatic heterocycles. The Kier molecular flexibility index (Phi) is 8.36. The molecular weight excluding hydrogens is 410 g/mol. The van der Waals surface area contributed by atoms with Crippen molar-refractivity contribution in [2.75, 3.05) is 24.4 Å². The maximum atomic E-state index is 11.8. The van der Waals surface area contributed by atoms with Gasteiger partial charge in [0, 0.05) is 28.7 Å². The highest BCUT2D eigenvalue weighted by atomic mass is 35.5. The molecule has 1 aromatic carbocycles. The molecule has 7 nitrogen and oxygen atoms in total. The van der Waals surface area contributed by atoms with Gasteiger partial charge in [0.25, 0.3) is 0 Å². The Labute approximate surface area is 178 Å². The van der Waals surface area contributed by atoms with Gasteiger partial charge in [0.2, 0.25) is 11.2 Å². The fraction of sp³-hybridized carbons (Fsp3) is 0.550. The monoisotopic (exact) mass is 439 g/mol. The second kappa shape index (κ2) is 10.3. The fourth-order valence-electron chi connectivity index (χ4n) is 2.99. The third-order valence-electron chi connectivity index (χ3n) is 4.24. The summed E-state index contributed by atoms with van der Waals surface area (Å²) in [6.07, 6.45) is 4.61. The van der Waals surface area contributed by atoms with Gasteiger partial charge in [0.05, 0.1) is 18.3 Å². The molecule has 2 rings (SSSR count). The van der Waals surface area contributed by atoms with Crippen LogP contribution in [-0.2, 0) is 16.1 Å². The molecule has 0 saturated carbocycles. The second-order valence-corrected chi connectivity index (χ2v) is 10.9. The van der Waals surface area contributed by atoms with E-state index in [4.69, 9.17) is 11.6 Å². The maximum absolute atomic E-state index is 11.8. The lowest BCUT2D eigenvalue weighted by molar-refractivity contribution is 0.259. The molecule has 1 aromatic heterocycles. The predicted octanol–water partition coefficient (Wildman–Crippen LogP) is 4.05. The normalized spacial score (nSPS) is 13.9. The van der Waals surface area contributed by atoms with E-state index in [1.807, 2.05) is 24.3 Å². The predicted molar refractivity (Wildman–Crippen MR) is 119 cm³/mol. The molecule has 0 aliphatic rings. The van der Waals surface area contributed by atoms with Gasteiger partial charge in [0.15, 0.2) is 0 Å². The number of benzene rings is 1. The van der Waals surface area contributed by atoms with E-state index in [0.717, 1.165) is 12.0 Å². The Morgan fingerprint density at radius 2 is 1.79 bits per heavy atom. The highest BCUT2D eigenvalue weighted by molar-refractivity contribution is 7.92. The van der Waals surface area contributed by atoms with E-state index in [0.29, 0.717) is 29.8 Å². The number of aromatic nitrogens is 3. The molecule has 2 atom stereocenters. The van der Waals surface area contributed by atoms with Crippen molar-refractivity contribution in [1.82, 2.24) is 15.0 Å². The summed E-state index contributed by atoms with van der Waals surface area (Å²) >= 11 is 6.09. The number of aliphatic hydroxyl groups excluding tert-OH is 1. The van der Waals surface area contributed by atoms with Crippen LogP contribution in [0.15, 0.2) is 28.6 Å². The zero-order chi connectivity index (χ0) is 21.6. The molecule has 160 valence electrons. The van der Waals surface area contributed by atoms with Crippen LogP contribution in [0, 0.1) is 5.92 Å². The first-order valence-corrected chi connectivity index (χ1v) is 12.3. The summed E-state index contributed by atoms with van der Waals surface area (Å²) in [6.45, 7) is 6.26. The van der Waals surface area contributed by atoms with Crippen molar-refractivity contribution >= 4 is 33.0 Å². The minimum atomic E-state index is -2.18. The molecule has 0 fully saturated rings. The van der Waals surface area contributed by atoms with Crippen LogP contribution in [0.2, 0.25) is 5.28 Å². The highest BCUT2D eigenvalue weighted by Crippen LogP contribution is 2.23. The Balaban J connectivity index is 2.13. The third kappa shape index (κ3) is 8.24. The van der Waals surface area contributed by atoms with Crippen molar-refractivity contribution in [2.24, 2.45) is 10.3 Å². The first-order valence-electron chi connectivity index (χ1n) is 9.60. The topological polar surface area (TPSA) is 100 Å². The second-order valence-electron chi connectivity index (χ2n) is 7.97. The number of anilines is 1. The van der Waals surface area contributed by atoms with E-state index < -0.39 is 9.73 Å². The van der Waals surface area contributed by atoms with Crippen LogP contribution in [0.3, 0.4) is 0 Å². The fourth-order valence-corrected chi connectivity index (χ4v) is 3.79. The van der Waals surface area contributed by atoms with Crippen LogP contribution in [-0.4, -0.2) is 49.4 Å². The number of halogens is 1. The van der Waals surface area contributed by atoms with Gasteiger partial charge in [-0.25, -0.2) is 9.19 Å². The van der Waals surface area contributed by atoms with Crippen molar-refractivity contribution < 1.29 is 9.32 Å². The van der Waals surface area contributed by atoms with Crippen molar-refractivity contribution in [3.63, 3.8) is 0 Å². The van der Waals surface area contributed by atoms with Gasteiger partial charge in [-0.05, 0) is 47.6 Å². The van der Waals surface area contributed by atoms with E-state index in [2.05, 4.69) is 45.4 Å². The van der Waals surface area contributed by atoms with Crippen LogP contribution in [0.25, 0.3) is 0 Å². The van der Waals surface area contributed by atoms with E-state index >= 15 is 0 Å². The zero-order valence-corrected chi connectivity index (χ0v) is 19.2. The molecular formula is C20H30ClN5O2S. The first-order chi connectivity index (χ1) is 13.6. The summed E-state index contributed by atoms with van der Waals surface area (Å²) < 4.78 is 16.0. The average molecular weight is 440 g/mol. The number of hydrogen-bond donors (Lipinski definition) is 2. The molecule has 0 bridgehead atoms. The third-order valence-corrected chi connectivity index (χ3v) is 5.06. The minimum absolute atomic E-state index is 0.00744. The van der Waals surface area contributed by atoms with Crippen molar-refractivity contribution in [3.8, 4) is 0 Å². The molecule has 0 saturated heterocycles. The summed E-state index contributed by atoms with van der Waals surface area (Å²) in [5, 5.41) is 12.8. The lowest BCUT2D eigenvalue weighted by atomic mass is 9.97. The van der Waals surface area contributed by atoms with Gasteiger partial charge in [-0.15, -0.1) is 0 Å². The van der Waals surface area contributed by atoms with Gasteiger partial charge in [0.1, 0.15) is 5.82 Å². The zero-order valence-electron chi connectivity index (χ0n) is 17.6. The van der Waals surface area contributed by atoms with Crippen molar-refractivity contribution in [3.05, 3.63) is 40.9 Å². The van der Waals surface area contributed by atoms with Gasteiger partial charge in [-0.3, -0.25) is 0 Å². The molecule has 9 heteroatoms. The Bertz CT molecular complexity index is 919. The molecule has 1 heterocycles. The van der Waals surface area contributed by atoms with E-state index in [-0.39, 0.29) is 23.9 Å². The van der Waals surface area contributed by atoms with Crippen molar-refractivity contribution in [2.45, 2.75) is 45.6 Å². The first kappa shape index (κ1) is 23.5. The molecule has 2 aromatic rings. The molecule has 1 unspecified atom stereocenters. The number of hydrogen-bond acceptors (Lipinski definition) is 7. The van der Waals surface area contributed by atoms with Crippen LogP contribution in [0.4, 0.5) is 11.6 Å². The number of aliphatic hydroxyl groups is 1. The average Bonchev–Trinajstić information content (AvgIpc) is 2.59. The van der Waals surface area contributed by atoms with Gasteiger partial charge < -0.3 is 10.4 Å². The molecule has 29 heavy (non-hydrogen) atoms. The summed E-state index contributed by atoms with van der Waals surface area (Å²) in [5.74, 6) is 1.54. The summed E-state index contributed by atoms with van der Waals surface area (Å²) in [4.78, 5) is 12.9. The number of rotatable bonds is 9. The SMILES string of the molecule is CC(C)C[C@H](CO)Nc1nc(Cl)nc(CC(C)c2ccc(N=S(C)(C)=O)cc2)n1. The standard InChI is InChI=1S/C20H30ClN5O2S/c1-13(2)10-17(12-27)22-20-24-18(23-19(21)25-20)11-14(3)15-6-8-16(9-7-15)26-29(4,5)28/h6-9,13-14,17,27H,10-12H2,1-5H3,(H,22,23,24,25)/t14?,17-/m1/s1. The quantitative estimate of drug-likeness (QED) is 0.611. The van der Waals surface area contributed by atoms with E-state index in [1.165, 1.54) is 0 Å². The van der Waals surface area contributed by atoms with Crippen LogP contribution in [0.5, 0.6) is 0 Å². The van der Waals surface area contributed by atoms with Crippen LogP contribution in [0.1, 0.15) is 44.5 Å². The number of nitrogens with zero attached hydrogens (tertiary/aromatic N) is 4. The molecule has 0 radical (unpaired) electrons. The Morgan fingerprint density at radius 3 is 2.34 bits per heavy atom. The minimum Gasteiger partial charge on any atom is -0.394 e. The number of nitrogens with one attached hydrogen (secondary N) is 1. The smallest absolute Gasteiger partial charge is 0.227 e. The molecule has 0 spiro atoms. The lowest BCUT2D eigenvalue weighted by Crippen LogP contribution is -2.27. The Morgan fingerprint density at radius 1 is 1.14 bits per heavy atom. The molecule has 2 N–H and O–H groups in total. The molecule has 0 aliphatic carbocycles. The Hall–Kier alpha value is -1.77. The van der Waals surface area contributed by atoms with E-state index in [1.54, 1.807) is 12.5 Å². The van der Waals surface area contributed by atoms with E-state index in [9.17, 15) is 9.32 Å². The summed E-state index contributed by atoms with van der Waals surface area (Å²) in [5.41, 5.74) is 1.80. The lowest BCUT2D eigenvalue weighted by Gasteiger charge is -2.18. The van der Waals surface area contributed by atoms with Crippen molar-refractivity contribution in [1.29, 1.82) is 0 Å². The van der Waals surface area contributed by atoms with Gasteiger partial charge in [-0.2, -0.15) is 14.3 Å². The largest absolute Gasteiger partial charge is 0.394 e.